The minimum atomic E-state index is 0.782. The van der Waals surface area contributed by atoms with Crippen molar-refractivity contribution in [1.29, 1.82) is 0 Å². The highest BCUT2D eigenvalue weighted by Gasteiger charge is 2.27. The van der Waals surface area contributed by atoms with Gasteiger partial charge in [-0.05, 0) is 73.5 Å². The molecule has 1 aromatic carbocycles. The van der Waals surface area contributed by atoms with Crippen molar-refractivity contribution in [3.63, 3.8) is 0 Å². The van der Waals surface area contributed by atoms with Gasteiger partial charge >= 0.3 is 0 Å². The first-order valence-electron chi connectivity index (χ1n) is 9.50. The molecular weight excluding hydrogens is 288 g/mol. The molecule has 0 radical (unpaired) electrons. The molecule has 2 aliphatic carbocycles. The molecule has 0 aromatic heterocycles. The molecule has 0 N–H and O–H groups in total. The molecular formula is C21H31Cl. The lowest BCUT2D eigenvalue weighted by Gasteiger charge is -2.34. The summed E-state index contributed by atoms with van der Waals surface area (Å²) < 4.78 is 0. The lowest BCUT2D eigenvalue weighted by atomic mass is 9.72. The Morgan fingerprint density at radius 1 is 0.773 bits per heavy atom. The van der Waals surface area contributed by atoms with Gasteiger partial charge in [0.05, 0.1) is 0 Å². The van der Waals surface area contributed by atoms with Crippen molar-refractivity contribution >= 4 is 11.6 Å². The molecule has 1 aromatic rings. The van der Waals surface area contributed by atoms with Crippen molar-refractivity contribution in [3.8, 4) is 0 Å². The summed E-state index contributed by atoms with van der Waals surface area (Å²) in [7, 11) is 0. The largest absolute Gasteiger partial charge is 0.0843 e. The van der Waals surface area contributed by atoms with Crippen LogP contribution in [0.1, 0.15) is 82.6 Å². The summed E-state index contributed by atoms with van der Waals surface area (Å²) in [6.07, 6.45) is 14.6. The van der Waals surface area contributed by atoms with E-state index in [0.717, 1.165) is 28.7 Å². The van der Waals surface area contributed by atoms with Gasteiger partial charge in [-0.2, -0.15) is 0 Å². The van der Waals surface area contributed by atoms with E-state index >= 15 is 0 Å². The van der Waals surface area contributed by atoms with Crippen molar-refractivity contribution in [2.24, 2.45) is 17.8 Å². The van der Waals surface area contributed by atoms with E-state index in [-0.39, 0.29) is 0 Å². The number of hydrogen-bond acceptors (Lipinski definition) is 0. The predicted molar refractivity (Wildman–Crippen MR) is 96.5 cm³/mol. The zero-order chi connectivity index (χ0) is 15.4. The van der Waals surface area contributed by atoms with Crippen LogP contribution in [0.5, 0.6) is 0 Å². The topological polar surface area (TPSA) is 0 Å². The van der Waals surface area contributed by atoms with Crippen molar-refractivity contribution in [2.75, 3.05) is 0 Å². The Hall–Kier alpha value is -0.490. The molecule has 0 amide bonds. The van der Waals surface area contributed by atoms with Crippen LogP contribution < -0.4 is 0 Å². The molecule has 1 heteroatoms. The molecule has 22 heavy (non-hydrogen) atoms. The molecule has 0 bridgehead atoms. The van der Waals surface area contributed by atoms with Crippen LogP contribution in [0.15, 0.2) is 24.3 Å². The van der Waals surface area contributed by atoms with Gasteiger partial charge in [-0.3, -0.25) is 0 Å². The van der Waals surface area contributed by atoms with E-state index in [1.54, 1.807) is 0 Å². The van der Waals surface area contributed by atoms with Crippen molar-refractivity contribution in [2.45, 2.75) is 77.0 Å². The highest BCUT2D eigenvalue weighted by Crippen LogP contribution is 2.41. The molecule has 0 spiro atoms. The fourth-order valence-electron chi connectivity index (χ4n) is 4.81. The van der Waals surface area contributed by atoms with Crippen LogP contribution in [0, 0.1) is 17.8 Å². The average Bonchev–Trinajstić information content (AvgIpc) is 2.57. The predicted octanol–water partition coefficient (Wildman–Crippen LogP) is 7.22. The Labute approximate surface area is 141 Å². The third-order valence-electron chi connectivity index (χ3n) is 6.40. The fraction of sp³-hybridized carbons (Fsp3) is 0.714. The standard InChI is InChI=1S/C21H31Cl/c1-2-16-3-5-17(6-4-16)15-18-7-9-19(10-8-18)20-11-13-21(22)14-12-20/h11-14,16-19H,2-10,15H2,1H3. The van der Waals surface area contributed by atoms with E-state index in [0.29, 0.717) is 0 Å². The molecule has 122 valence electrons. The maximum atomic E-state index is 6.00. The summed E-state index contributed by atoms with van der Waals surface area (Å²) in [5.74, 6) is 3.87. The molecule has 0 nitrogen and oxygen atoms in total. The Morgan fingerprint density at radius 3 is 1.82 bits per heavy atom. The smallest absolute Gasteiger partial charge is 0.0406 e. The Bertz CT molecular complexity index is 433. The van der Waals surface area contributed by atoms with Crippen LogP contribution in [0.2, 0.25) is 5.02 Å². The average molecular weight is 319 g/mol. The van der Waals surface area contributed by atoms with Gasteiger partial charge in [0.2, 0.25) is 0 Å². The van der Waals surface area contributed by atoms with E-state index in [1.165, 1.54) is 69.8 Å². The minimum absolute atomic E-state index is 0.782. The highest BCUT2D eigenvalue weighted by atomic mass is 35.5. The second kappa shape index (κ2) is 7.86. The molecule has 0 saturated heterocycles. The highest BCUT2D eigenvalue weighted by molar-refractivity contribution is 6.30. The van der Waals surface area contributed by atoms with Crippen LogP contribution in [0.3, 0.4) is 0 Å². The SMILES string of the molecule is CCC1CCC(CC2CCC(c3ccc(Cl)cc3)CC2)CC1. The lowest BCUT2D eigenvalue weighted by molar-refractivity contribution is 0.203. The third-order valence-corrected chi connectivity index (χ3v) is 6.65. The summed E-state index contributed by atoms with van der Waals surface area (Å²) in [6.45, 7) is 2.36. The molecule has 3 rings (SSSR count). The number of hydrogen-bond donors (Lipinski definition) is 0. The molecule has 2 saturated carbocycles. The van der Waals surface area contributed by atoms with Crippen LogP contribution in [-0.4, -0.2) is 0 Å². The minimum Gasteiger partial charge on any atom is -0.0843 e. The van der Waals surface area contributed by atoms with Gasteiger partial charge < -0.3 is 0 Å². The maximum Gasteiger partial charge on any atom is 0.0406 e. The second-order valence-electron chi connectivity index (χ2n) is 7.80. The third kappa shape index (κ3) is 4.28. The van der Waals surface area contributed by atoms with Crippen LogP contribution in [-0.2, 0) is 0 Å². The Kier molecular flexibility index (Phi) is 5.85. The van der Waals surface area contributed by atoms with Crippen LogP contribution in [0.25, 0.3) is 0 Å². The van der Waals surface area contributed by atoms with E-state index in [4.69, 9.17) is 11.6 Å². The van der Waals surface area contributed by atoms with Crippen molar-refractivity contribution in [1.82, 2.24) is 0 Å². The summed E-state index contributed by atoms with van der Waals surface area (Å²) in [4.78, 5) is 0. The van der Waals surface area contributed by atoms with Gasteiger partial charge in [0.25, 0.3) is 0 Å². The molecule has 0 aliphatic heterocycles. The van der Waals surface area contributed by atoms with E-state index in [2.05, 4.69) is 31.2 Å². The second-order valence-corrected chi connectivity index (χ2v) is 8.24. The first kappa shape index (κ1) is 16.4. The van der Waals surface area contributed by atoms with Gasteiger partial charge in [0.15, 0.2) is 0 Å². The van der Waals surface area contributed by atoms with E-state index < -0.39 is 0 Å². The first-order valence-corrected chi connectivity index (χ1v) is 9.87. The molecule has 0 atom stereocenters. The molecule has 0 unspecified atom stereocenters. The van der Waals surface area contributed by atoms with Crippen molar-refractivity contribution in [3.05, 3.63) is 34.9 Å². The number of halogens is 1. The maximum absolute atomic E-state index is 6.00. The lowest BCUT2D eigenvalue weighted by Crippen LogP contribution is -2.20. The summed E-state index contributed by atoms with van der Waals surface area (Å²) in [6, 6.07) is 8.57. The Morgan fingerprint density at radius 2 is 1.27 bits per heavy atom. The van der Waals surface area contributed by atoms with E-state index in [1.807, 2.05) is 0 Å². The van der Waals surface area contributed by atoms with Gasteiger partial charge in [0.1, 0.15) is 0 Å². The van der Waals surface area contributed by atoms with Crippen LogP contribution >= 0.6 is 11.6 Å². The molecule has 0 heterocycles. The van der Waals surface area contributed by atoms with Gasteiger partial charge in [-0.15, -0.1) is 0 Å². The summed E-state index contributed by atoms with van der Waals surface area (Å²) >= 11 is 6.00. The summed E-state index contributed by atoms with van der Waals surface area (Å²) in [5.41, 5.74) is 1.51. The zero-order valence-corrected chi connectivity index (χ0v) is 14.8. The Balaban J connectivity index is 1.43. The van der Waals surface area contributed by atoms with Crippen molar-refractivity contribution < 1.29 is 0 Å². The van der Waals surface area contributed by atoms with Gasteiger partial charge in [-0.1, -0.05) is 62.8 Å². The summed E-state index contributed by atoms with van der Waals surface area (Å²) in [5, 5.41) is 0.861. The molecule has 2 fully saturated rings. The number of benzene rings is 1. The van der Waals surface area contributed by atoms with Crippen LogP contribution in [0.4, 0.5) is 0 Å². The fourth-order valence-corrected chi connectivity index (χ4v) is 4.94. The normalized spacial score (nSPS) is 32.8. The van der Waals surface area contributed by atoms with E-state index in [9.17, 15) is 0 Å². The first-order chi connectivity index (χ1) is 10.7. The zero-order valence-electron chi connectivity index (χ0n) is 14.1. The van der Waals surface area contributed by atoms with Gasteiger partial charge in [0, 0.05) is 5.02 Å². The monoisotopic (exact) mass is 318 g/mol. The quantitative estimate of drug-likeness (QED) is 0.549. The number of rotatable bonds is 4. The molecule has 2 aliphatic rings. The van der Waals surface area contributed by atoms with Gasteiger partial charge in [-0.25, -0.2) is 0 Å².